The van der Waals surface area contributed by atoms with E-state index < -0.39 is 0 Å². The molecule has 0 N–H and O–H groups in total. The highest BCUT2D eigenvalue weighted by Crippen LogP contribution is 2.30. The smallest absolute Gasteiger partial charge is 0.0148 e. The van der Waals surface area contributed by atoms with Crippen LogP contribution >= 0.6 is 0 Å². The van der Waals surface area contributed by atoms with Crippen LogP contribution in [0.25, 0.3) is 28.0 Å². The van der Waals surface area contributed by atoms with Gasteiger partial charge in [0, 0.05) is 0 Å². The van der Waals surface area contributed by atoms with Crippen molar-refractivity contribution < 1.29 is 0 Å². The van der Waals surface area contributed by atoms with E-state index in [0.29, 0.717) is 0 Å². The van der Waals surface area contributed by atoms with Crippen molar-refractivity contribution in [3.63, 3.8) is 0 Å². The van der Waals surface area contributed by atoms with Crippen LogP contribution in [0.3, 0.4) is 0 Å². The molecule has 0 aliphatic carbocycles. The maximum absolute atomic E-state index is 2.25. The monoisotopic (exact) mass is 258 g/mol. The summed E-state index contributed by atoms with van der Waals surface area (Å²) in [4.78, 5) is 0. The van der Waals surface area contributed by atoms with Crippen LogP contribution in [0.4, 0.5) is 0 Å². The van der Waals surface area contributed by atoms with Gasteiger partial charge in [-0.2, -0.15) is 0 Å². The Morgan fingerprint density at radius 1 is 0.850 bits per heavy atom. The lowest BCUT2D eigenvalue weighted by Gasteiger charge is -2.10. The summed E-state index contributed by atoms with van der Waals surface area (Å²) in [6, 6.07) is 21.7. The maximum Gasteiger partial charge on any atom is -0.0148 e. The fourth-order valence-corrected chi connectivity index (χ4v) is 2.74. The number of allylic oxidation sites excluding steroid dienone is 1. The van der Waals surface area contributed by atoms with Gasteiger partial charge in [0.25, 0.3) is 0 Å². The van der Waals surface area contributed by atoms with Gasteiger partial charge in [-0.25, -0.2) is 0 Å². The molecule has 0 aromatic heterocycles. The van der Waals surface area contributed by atoms with Gasteiger partial charge >= 0.3 is 0 Å². The highest BCUT2D eigenvalue weighted by atomic mass is 14.1. The lowest BCUT2D eigenvalue weighted by atomic mass is 9.94. The average molecular weight is 258 g/mol. The summed E-state index contributed by atoms with van der Waals surface area (Å²) in [6.45, 7) is 4.26. The van der Waals surface area contributed by atoms with Crippen LogP contribution in [0.2, 0.25) is 0 Å². The number of benzene rings is 3. The predicted molar refractivity (Wildman–Crippen MR) is 88.8 cm³/mol. The maximum atomic E-state index is 2.25. The molecule has 0 saturated heterocycles. The molecule has 3 aromatic carbocycles. The van der Waals surface area contributed by atoms with E-state index in [1.807, 2.05) is 6.92 Å². The van der Waals surface area contributed by atoms with Crippen molar-refractivity contribution in [2.75, 3.05) is 0 Å². The molecule has 0 radical (unpaired) electrons. The molecule has 0 heteroatoms. The van der Waals surface area contributed by atoms with E-state index >= 15 is 0 Å². The summed E-state index contributed by atoms with van der Waals surface area (Å²) < 4.78 is 0. The molecule has 3 aromatic rings. The number of hydrogen-bond acceptors (Lipinski definition) is 0. The molecule has 0 amide bonds. The van der Waals surface area contributed by atoms with E-state index in [1.54, 1.807) is 0 Å². The molecule has 0 atom stereocenters. The number of rotatable bonds is 2. The second-order valence-electron chi connectivity index (χ2n) is 5.08. The third-order valence-corrected chi connectivity index (χ3v) is 3.76. The summed E-state index contributed by atoms with van der Waals surface area (Å²) >= 11 is 0. The van der Waals surface area contributed by atoms with Gasteiger partial charge in [0.2, 0.25) is 0 Å². The predicted octanol–water partition coefficient (Wildman–Crippen LogP) is 5.85. The van der Waals surface area contributed by atoms with Crippen LogP contribution in [0.1, 0.15) is 18.1 Å². The minimum Gasteiger partial charge on any atom is -0.0871 e. The van der Waals surface area contributed by atoms with Gasteiger partial charge in [0.15, 0.2) is 0 Å². The van der Waals surface area contributed by atoms with Gasteiger partial charge in [-0.15, -0.1) is 0 Å². The van der Waals surface area contributed by atoms with Crippen LogP contribution < -0.4 is 0 Å². The van der Waals surface area contributed by atoms with Crippen molar-refractivity contribution in [3.8, 4) is 11.1 Å². The standard InChI is InChI=1S/C20H18/c1-3-7-16-8-6-10-18(14-16)20-13-12-17-9-4-5-11-19(17)15(20)2/h3-14H,1-2H3/b7-3+. The molecule has 0 aliphatic heterocycles. The van der Waals surface area contributed by atoms with Gasteiger partial charge in [-0.3, -0.25) is 0 Å². The van der Waals surface area contributed by atoms with E-state index in [4.69, 9.17) is 0 Å². The second kappa shape index (κ2) is 5.34. The molecule has 0 spiro atoms. The van der Waals surface area contributed by atoms with Crippen molar-refractivity contribution in [2.45, 2.75) is 13.8 Å². The van der Waals surface area contributed by atoms with Crippen LogP contribution in [-0.4, -0.2) is 0 Å². The Morgan fingerprint density at radius 3 is 2.55 bits per heavy atom. The molecule has 0 aliphatic rings. The summed E-state index contributed by atoms with van der Waals surface area (Å²) in [5, 5.41) is 2.64. The minimum atomic E-state index is 1.25. The van der Waals surface area contributed by atoms with Crippen molar-refractivity contribution >= 4 is 16.8 Å². The Kier molecular flexibility index (Phi) is 3.39. The van der Waals surface area contributed by atoms with Crippen molar-refractivity contribution in [3.05, 3.63) is 77.9 Å². The Hall–Kier alpha value is -2.34. The highest BCUT2D eigenvalue weighted by Gasteiger charge is 2.05. The van der Waals surface area contributed by atoms with Crippen molar-refractivity contribution in [1.29, 1.82) is 0 Å². The third-order valence-electron chi connectivity index (χ3n) is 3.76. The normalized spacial score (nSPS) is 11.3. The van der Waals surface area contributed by atoms with E-state index in [9.17, 15) is 0 Å². The SMILES string of the molecule is C/C=C/c1cccc(-c2ccc3ccccc3c2C)c1. The van der Waals surface area contributed by atoms with Crippen LogP contribution in [-0.2, 0) is 0 Å². The van der Waals surface area contributed by atoms with Crippen molar-refractivity contribution in [1.82, 2.24) is 0 Å². The highest BCUT2D eigenvalue weighted by molar-refractivity contribution is 5.91. The Balaban J connectivity index is 2.19. The lowest BCUT2D eigenvalue weighted by Crippen LogP contribution is -1.86. The summed E-state index contributed by atoms with van der Waals surface area (Å²) in [5.41, 5.74) is 5.19. The number of aryl methyl sites for hydroxylation is 1. The van der Waals surface area contributed by atoms with Crippen LogP contribution in [0.5, 0.6) is 0 Å². The minimum absolute atomic E-state index is 1.25. The molecule has 3 rings (SSSR count). The number of hydrogen-bond donors (Lipinski definition) is 0. The second-order valence-corrected chi connectivity index (χ2v) is 5.08. The molecule has 20 heavy (non-hydrogen) atoms. The van der Waals surface area contributed by atoms with Gasteiger partial charge in [-0.1, -0.05) is 66.7 Å². The average Bonchev–Trinajstić information content (AvgIpc) is 2.48. The van der Waals surface area contributed by atoms with E-state index in [-0.39, 0.29) is 0 Å². The fraction of sp³-hybridized carbons (Fsp3) is 0.100. The molecule has 0 fully saturated rings. The Labute approximate surface area is 120 Å². The van der Waals surface area contributed by atoms with Gasteiger partial charge < -0.3 is 0 Å². The molecule has 98 valence electrons. The molecule has 0 unspecified atom stereocenters. The number of fused-ring (bicyclic) bond motifs is 1. The zero-order valence-corrected chi connectivity index (χ0v) is 11.9. The Morgan fingerprint density at radius 2 is 1.70 bits per heavy atom. The first-order chi connectivity index (χ1) is 9.79. The summed E-state index contributed by atoms with van der Waals surface area (Å²) in [5.74, 6) is 0. The zero-order chi connectivity index (χ0) is 13.9. The van der Waals surface area contributed by atoms with Gasteiger partial charge in [-0.05, 0) is 52.9 Å². The summed E-state index contributed by atoms with van der Waals surface area (Å²) in [7, 11) is 0. The van der Waals surface area contributed by atoms with Gasteiger partial charge in [0.05, 0.1) is 0 Å². The van der Waals surface area contributed by atoms with Gasteiger partial charge in [0.1, 0.15) is 0 Å². The van der Waals surface area contributed by atoms with E-state index in [1.165, 1.54) is 33.0 Å². The van der Waals surface area contributed by atoms with E-state index in [2.05, 4.69) is 79.7 Å². The Bertz CT molecular complexity index is 779. The summed E-state index contributed by atoms with van der Waals surface area (Å²) in [6.07, 6.45) is 4.21. The third kappa shape index (κ3) is 2.25. The molecule has 0 nitrogen and oxygen atoms in total. The molecule has 0 bridgehead atoms. The first kappa shape index (κ1) is 12.7. The molecular formula is C20H18. The molecule has 0 heterocycles. The molecular weight excluding hydrogens is 240 g/mol. The largest absolute Gasteiger partial charge is 0.0871 e. The zero-order valence-electron chi connectivity index (χ0n) is 11.9. The van der Waals surface area contributed by atoms with Crippen molar-refractivity contribution in [2.24, 2.45) is 0 Å². The molecule has 0 saturated carbocycles. The van der Waals surface area contributed by atoms with E-state index in [0.717, 1.165) is 0 Å². The lowest BCUT2D eigenvalue weighted by molar-refractivity contribution is 1.50. The van der Waals surface area contributed by atoms with Crippen LogP contribution in [0.15, 0.2) is 66.7 Å². The quantitative estimate of drug-likeness (QED) is 0.541. The van der Waals surface area contributed by atoms with Crippen LogP contribution in [0, 0.1) is 6.92 Å². The topological polar surface area (TPSA) is 0 Å². The first-order valence-electron chi connectivity index (χ1n) is 7.01. The first-order valence-corrected chi connectivity index (χ1v) is 7.01. The fourth-order valence-electron chi connectivity index (χ4n) is 2.74.